The zero-order valence-corrected chi connectivity index (χ0v) is 15.3. The summed E-state index contributed by atoms with van der Waals surface area (Å²) in [5.41, 5.74) is 1.25. The van der Waals surface area contributed by atoms with Crippen LogP contribution in [0.4, 0.5) is 0 Å². The summed E-state index contributed by atoms with van der Waals surface area (Å²) in [4.78, 5) is 2.67. The standard InChI is InChI=1S/C17H22BrNOS/c1-11(2)20-15-7-5-6-14(8-15)12(3)19-10-16-9-17(18)13(4)21-16/h5-9,11-12,19H,10H2,1-4H3. The van der Waals surface area contributed by atoms with Crippen molar-refractivity contribution in [3.05, 3.63) is 50.1 Å². The quantitative estimate of drug-likeness (QED) is 0.731. The maximum atomic E-state index is 5.75. The molecule has 1 aromatic heterocycles. The molecule has 4 heteroatoms. The average Bonchev–Trinajstić information content (AvgIpc) is 2.75. The summed E-state index contributed by atoms with van der Waals surface area (Å²) in [7, 11) is 0. The lowest BCUT2D eigenvalue weighted by Crippen LogP contribution is -2.17. The van der Waals surface area contributed by atoms with Crippen molar-refractivity contribution in [1.82, 2.24) is 5.32 Å². The number of thiophene rings is 1. The van der Waals surface area contributed by atoms with Crippen LogP contribution in [0.2, 0.25) is 0 Å². The van der Waals surface area contributed by atoms with Crippen molar-refractivity contribution in [3.8, 4) is 5.75 Å². The number of benzene rings is 1. The number of hydrogen-bond acceptors (Lipinski definition) is 3. The van der Waals surface area contributed by atoms with E-state index < -0.39 is 0 Å². The van der Waals surface area contributed by atoms with Crippen LogP contribution >= 0.6 is 27.3 Å². The van der Waals surface area contributed by atoms with Crippen molar-refractivity contribution in [2.24, 2.45) is 0 Å². The van der Waals surface area contributed by atoms with Crippen LogP contribution in [-0.4, -0.2) is 6.10 Å². The van der Waals surface area contributed by atoms with Gasteiger partial charge >= 0.3 is 0 Å². The minimum absolute atomic E-state index is 0.204. The second-order valence-corrected chi connectivity index (χ2v) is 7.65. The molecule has 0 amide bonds. The molecule has 0 aliphatic rings. The normalized spacial score (nSPS) is 12.7. The van der Waals surface area contributed by atoms with Crippen molar-refractivity contribution >= 4 is 27.3 Å². The van der Waals surface area contributed by atoms with Gasteiger partial charge in [-0.3, -0.25) is 0 Å². The van der Waals surface area contributed by atoms with E-state index in [-0.39, 0.29) is 6.10 Å². The average molecular weight is 368 g/mol. The van der Waals surface area contributed by atoms with E-state index in [9.17, 15) is 0 Å². The summed E-state index contributed by atoms with van der Waals surface area (Å²) >= 11 is 5.40. The first-order valence-corrected chi connectivity index (χ1v) is 8.81. The van der Waals surface area contributed by atoms with Gasteiger partial charge in [0.15, 0.2) is 0 Å². The predicted octanol–water partition coefficient (Wildman–Crippen LogP) is 5.46. The smallest absolute Gasteiger partial charge is 0.120 e. The van der Waals surface area contributed by atoms with Gasteiger partial charge in [-0.15, -0.1) is 11.3 Å². The second kappa shape index (κ2) is 7.43. The van der Waals surface area contributed by atoms with E-state index in [2.05, 4.69) is 59.4 Å². The zero-order chi connectivity index (χ0) is 15.4. The molecule has 114 valence electrons. The van der Waals surface area contributed by atoms with Crippen LogP contribution in [0.25, 0.3) is 0 Å². The Hall–Kier alpha value is -0.840. The Kier molecular flexibility index (Phi) is 5.85. The van der Waals surface area contributed by atoms with Gasteiger partial charge < -0.3 is 10.1 Å². The van der Waals surface area contributed by atoms with Gasteiger partial charge in [-0.25, -0.2) is 0 Å². The van der Waals surface area contributed by atoms with Gasteiger partial charge in [0.1, 0.15) is 5.75 Å². The zero-order valence-electron chi connectivity index (χ0n) is 12.9. The van der Waals surface area contributed by atoms with Gasteiger partial charge in [-0.05, 0) is 67.4 Å². The summed E-state index contributed by atoms with van der Waals surface area (Å²) in [5, 5.41) is 3.57. The van der Waals surface area contributed by atoms with Crippen LogP contribution in [0, 0.1) is 6.92 Å². The molecule has 0 bridgehead atoms. The molecule has 0 radical (unpaired) electrons. The van der Waals surface area contributed by atoms with Crippen LogP contribution in [-0.2, 0) is 6.54 Å². The number of ether oxygens (including phenoxy) is 1. The summed E-state index contributed by atoms with van der Waals surface area (Å²) in [6.45, 7) is 9.29. The van der Waals surface area contributed by atoms with Crippen molar-refractivity contribution < 1.29 is 4.74 Å². The predicted molar refractivity (Wildman–Crippen MR) is 94.2 cm³/mol. The van der Waals surface area contributed by atoms with E-state index in [0.717, 1.165) is 12.3 Å². The van der Waals surface area contributed by atoms with Crippen LogP contribution in [0.3, 0.4) is 0 Å². The third-order valence-corrected chi connectivity index (χ3v) is 5.36. The first-order chi connectivity index (χ1) is 9.95. The van der Waals surface area contributed by atoms with Crippen LogP contribution in [0.1, 0.15) is 42.1 Å². The van der Waals surface area contributed by atoms with Crippen LogP contribution in [0.15, 0.2) is 34.8 Å². The molecule has 1 N–H and O–H groups in total. The number of nitrogens with one attached hydrogen (secondary N) is 1. The molecule has 21 heavy (non-hydrogen) atoms. The summed E-state index contributed by atoms with van der Waals surface area (Å²) in [6, 6.07) is 10.8. The van der Waals surface area contributed by atoms with Crippen LogP contribution in [0.5, 0.6) is 5.75 Å². The third kappa shape index (κ3) is 4.83. The van der Waals surface area contributed by atoms with Gasteiger partial charge in [-0.2, -0.15) is 0 Å². The summed E-state index contributed by atoms with van der Waals surface area (Å²) < 4.78 is 6.95. The maximum Gasteiger partial charge on any atom is 0.120 e. The molecule has 1 aromatic carbocycles. The van der Waals surface area contributed by atoms with Crippen molar-refractivity contribution in [1.29, 1.82) is 0 Å². The Morgan fingerprint density at radius 1 is 1.24 bits per heavy atom. The number of halogens is 1. The Morgan fingerprint density at radius 3 is 2.62 bits per heavy atom. The highest BCUT2D eigenvalue weighted by atomic mass is 79.9. The second-order valence-electron chi connectivity index (χ2n) is 5.46. The molecule has 0 fully saturated rings. The largest absolute Gasteiger partial charge is 0.491 e. The van der Waals surface area contributed by atoms with Crippen molar-refractivity contribution in [3.63, 3.8) is 0 Å². The monoisotopic (exact) mass is 367 g/mol. The Labute approximate surface area is 139 Å². The van der Waals surface area contributed by atoms with Gasteiger partial charge in [0, 0.05) is 26.8 Å². The van der Waals surface area contributed by atoms with E-state index in [1.807, 2.05) is 31.3 Å². The Morgan fingerprint density at radius 2 is 2.00 bits per heavy atom. The Balaban J connectivity index is 1.98. The molecule has 2 nitrogen and oxygen atoms in total. The SMILES string of the molecule is Cc1sc(CNC(C)c2cccc(OC(C)C)c2)cc1Br. The van der Waals surface area contributed by atoms with E-state index >= 15 is 0 Å². The Bertz CT molecular complexity index is 575. The van der Waals surface area contributed by atoms with Crippen molar-refractivity contribution in [2.75, 3.05) is 0 Å². The minimum Gasteiger partial charge on any atom is -0.491 e. The molecule has 1 unspecified atom stereocenters. The molecule has 0 aliphatic carbocycles. The first-order valence-electron chi connectivity index (χ1n) is 7.20. The summed E-state index contributed by atoms with van der Waals surface area (Å²) in [6.07, 6.45) is 0.204. The molecule has 1 atom stereocenters. The third-order valence-electron chi connectivity index (χ3n) is 3.22. The van der Waals surface area contributed by atoms with Gasteiger partial charge in [0.25, 0.3) is 0 Å². The van der Waals surface area contributed by atoms with E-state index in [1.165, 1.54) is 19.8 Å². The molecular weight excluding hydrogens is 346 g/mol. The molecule has 0 saturated carbocycles. The molecule has 2 rings (SSSR count). The lowest BCUT2D eigenvalue weighted by molar-refractivity contribution is 0.242. The lowest BCUT2D eigenvalue weighted by atomic mass is 10.1. The fraction of sp³-hybridized carbons (Fsp3) is 0.412. The molecule has 0 aliphatic heterocycles. The van der Waals surface area contributed by atoms with E-state index in [4.69, 9.17) is 4.74 Å². The minimum atomic E-state index is 0.204. The number of rotatable bonds is 6. The molecule has 0 spiro atoms. The topological polar surface area (TPSA) is 21.3 Å². The van der Waals surface area contributed by atoms with Crippen LogP contribution < -0.4 is 10.1 Å². The maximum absolute atomic E-state index is 5.75. The molecule has 1 heterocycles. The highest BCUT2D eigenvalue weighted by Gasteiger charge is 2.08. The number of aryl methyl sites for hydroxylation is 1. The fourth-order valence-electron chi connectivity index (χ4n) is 2.11. The highest BCUT2D eigenvalue weighted by molar-refractivity contribution is 9.10. The van der Waals surface area contributed by atoms with E-state index in [1.54, 1.807) is 0 Å². The fourth-order valence-corrected chi connectivity index (χ4v) is 3.66. The molecule has 0 saturated heterocycles. The highest BCUT2D eigenvalue weighted by Crippen LogP contribution is 2.27. The van der Waals surface area contributed by atoms with Gasteiger partial charge in [0.05, 0.1) is 6.10 Å². The van der Waals surface area contributed by atoms with Crippen molar-refractivity contribution in [2.45, 2.75) is 46.4 Å². The summed E-state index contributed by atoms with van der Waals surface area (Å²) in [5.74, 6) is 0.936. The molecular formula is C17H22BrNOS. The van der Waals surface area contributed by atoms with Gasteiger partial charge in [-0.1, -0.05) is 12.1 Å². The molecule has 2 aromatic rings. The van der Waals surface area contributed by atoms with E-state index in [0.29, 0.717) is 6.04 Å². The number of hydrogen-bond donors (Lipinski definition) is 1. The lowest BCUT2D eigenvalue weighted by Gasteiger charge is -2.16. The first kappa shape index (κ1) is 16.5. The van der Waals surface area contributed by atoms with Gasteiger partial charge in [0.2, 0.25) is 0 Å².